The molecule has 3 saturated carbocycles. The average Bonchev–Trinajstić information content (AvgIpc) is 2.86. The monoisotopic (exact) mass is 359 g/mol. The Bertz CT molecular complexity index is 728. The first-order valence-electron chi connectivity index (χ1n) is 9.90. The third-order valence-electron chi connectivity index (χ3n) is 8.45. The van der Waals surface area contributed by atoms with E-state index in [1.807, 2.05) is 6.92 Å². The second kappa shape index (κ2) is 5.59. The number of carbonyl (C=O) groups excluding carboxylic acids is 3. The van der Waals surface area contributed by atoms with Gasteiger partial charge in [-0.25, -0.2) is 0 Å². The summed E-state index contributed by atoms with van der Waals surface area (Å²) in [7, 11) is 0. The number of Topliss-reactive ketones (excluding diaryl/α,β-unsaturated/α-hetero) is 2. The lowest BCUT2D eigenvalue weighted by molar-refractivity contribution is -0.168. The molecule has 4 rings (SSSR count). The maximum Gasteiger partial charge on any atom is 0.178 e. The van der Waals surface area contributed by atoms with E-state index < -0.39 is 11.0 Å². The van der Waals surface area contributed by atoms with E-state index in [0.29, 0.717) is 12.8 Å². The number of hydrogen-bond donors (Lipinski definition) is 2. The van der Waals surface area contributed by atoms with Crippen LogP contribution >= 0.6 is 0 Å². The molecule has 0 aliphatic heterocycles. The molecule has 3 N–H and O–H groups in total. The zero-order valence-corrected chi connectivity index (χ0v) is 15.7. The predicted molar refractivity (Wildman–Crippen MR) is 96.1 cm³/mol. The Labute approximate surface area is 154 Å². The van der Waals surface area contributed by atoms with Crippen molar-refractivity contribution in [3.8, 4) is 0 Å². The number of hydrogen-bond acceptors (Lipinski definition) is 5. The fourth-order valence-electron chi connectivity index (χ4n) is 7.01. The lowest BCUT2D eigenvalue weighted by atomic mass is 9.46. The molecule has 0 spiro atoms. The molecule has 142 valence electrons. The molecule has 0 bridgehead atoms. The fourth-order valence-corrected chi connectivity index (χ4v) is 7.01. The Balaban J connectivity index is 1.75. The molecule has 4 aliphatic rings. The van der Waals surface area contributed by atoms with Gasteiger partial charge in [0, 0.05) is 24.2 Å². The molecule has 26 heavy (non-hydrogen) atoms. The van der Waals surface area contributed by atoms with Gasteiger partial charge >= 0.3 is 0 Å². The maximum atomic E-state index is 13.4. The zero-order chi connectivity index (χ0) is 18.9. The number of aliphatic hydroxyl groups is 1. The Kier molecular flexibility index (Phi) is 3.88. The van der Waals surface area contributed by atoms with Gasteiger partial charge < -0.3 is 10.8 Å². The number of allylic oxidation sites excluding steroid dienone is 1. The van der Waals surface area contributed by atoms with Crippen LogP contribution in [0.2, 0.25) is 0 Å². The molecule has 0 unspecified atom stereocenters. The van der Waals surface area contributed by atoms with Gasteiger partial charge in [0.05, 0.1) is 6.54 Å². The summed E-state index contributed by atoms with van der Waals surface area (Å²) in [5.74, 6) is 0.232. The third-order valence-corrected chi connectivity index (χ3v) is 8.45. The molecule has 0 radical (unpaired) electrons. The van der Waals surface area contributed by atoms with Gasteiger partial charge in [0.25, 0.3) is 0 Å². The van der Waals surface area contributed by atoms with E-state index in [0.717, 1.165) is 31.3 Å². The van der Waals surface area contributed by atoms with E-state index >= 15 is 0 Å². The Morgan fingerprint density at radius 3 is 2.65 bits per heavy atom. The third kappa shape index (κ3) is 2.07. The van der Waals surface area contributed by atoms with E-state index in [1.165, 1.54) is 0 Å². The summed E-state index contributed by atoms with van der Waals surface area (Å²) in [5.41, 5.74) is 4.27. The summed E-state index contributed by atoms with van der Waals surface area (Å²) in [6.45, 7) is 3.88. The van der Waals surface area contributed by atoms with Gasteiger partial charge in [-0.1, -0.05) is 19.4 Å². The first-order chi connectivity index (χ1) is 12.2. The van der Waals surface area contributed by atoms with Gasteiger partial charge in [-0.2, -0.15) is 0 Å². The molecule has 0 saturated heterocycles. The van der Waals surface area contributed by atoms with Crippen LogP contribution in [0.3, 0.4) is 0 Å². The Morgan fingerprint density at radius 2 is 1.96 bits per heavy atom. The number of nitrogens with two attached hydrogens (primary N) is 1. The quantitative estimate of drug-likeness (QED) is 0.785. The summed E-state index contributed by atoms with van der Waals surface area (Å²) in [6.07, 6.45) is 6.13. The molecule has 4 aliphatic carbocycles. The van der Waals surface area contributed by atoms with E-state index in [1.54, 1.807) is 6.08 Å². The first-order valence-corrected chi connectivity index (χ1v) is 9.90. The fraction of sp³-hybridized carbons (Fsp3) is 0.762. The lowest BCUT2D eigenvalue weighted by Gasteiger charge is -2.57. The second-order valence-corrected chi connectivity index (χ2v) is 9.43. The van der Waals surface area contributed by atoms with Crippen LogP contribution in [0.1, 0.15) is 58.8 Å². The molecule has 5 nitrogen and oxygen atoms in total. The second-order valence-electron chi connectivity index (χ2n) is 9.43. The van der Waals surface area contributed by atoms with Gasteiger partial charge in [-0.3, -0.25) is 14.4 Å². The number of rotatable bonds is 2. The number of fused-ring (bicyclic) bond motifs is 5. The van der Waals surface area contributed by atoms with E-state index in [4.69, 9.17) is 5.73 Å². The van der Waals surface area contributed by atoms with Gasteiger partial charge in [0.15, 0.2) is 11.6 Å². The molecule has 0 heterocycles. The van der Waals surface area contributed by atoms with Crippen LogP contribution in [0.25, 0.3) is 0 Å². The van der Waals surface area contributed by atoms with Crippen LogP contribution in [0, 0.1) is 28.6 Å². The van der Waals surface area contributed by atoms with Crippen molar-refractivity contribution in [2.75, 3.05) is 6.54 Å². The zero-order valence-electron chi connectivity index (χ0n) is 15.7. The summed E-state index contributed by atoms with van der Waals surface area (Å²) in [5, 5.41) is 11.2. The lowest BCUT2D eigenvalue weighted by Crippen LogP contribution is -2.61. The van der Waals surface area contributed by atoms with Crippen molar-refractivity contribution in [3.05, 3.63) is 11.6 Å². The molecule has 3 fully saturated rings. The Morgan fingerprint density at radius 1 is 1.23 bits per heavy atom. The molecule has 6 atom stereocenters. The highest BCUT2D eigenvalue weighted by molar-refractivity contribution is 5.94. The summed E-state index contributed by atoms with van der Waals surface area (Å²) in [4.78, 5) is 37.7. The van der Waals surface area contributed by atoms with Crippen molar-refractivity contribution in [2.24, 2.45) is 34.3 Å². The van der Waals surface area contributed by atoms with Crippen LogP contribution in [0.5, 0.6) is 0 Å². The van der Waals surface area contributed by atoms with Crippen molar-refractivity contribution in [1.82, 2.24) is 0 Å². The van der Waals surface area contributed by atoms with E-state index in [-0.39, 0.29) is 53.5 Å². The van der Waals surface area contributed by atoms with Crippen LogP contribution in [-0.4, -0.2) is 34.6 Å². The van der Waals surface area contributed by atoms with Gasteiger partial charge in [-0.15, -0.1) is 0 Å². The average molecular weight is 359 g/mol. The number of ketones is 3. The van der Waals surface area contributed by atoms with Crippen LogP contribution in [-0.2, 0) is 14.4 Å². The van der Waals surface area contributed by atoms with E-state index in [9.17, 15) is 19.5 Å². The van der Waals surface area contributed by atoms with E-state index in [2.05, 4.69) is 6.92 Å². The molecular weight excluding hydrogens is 330 g/mol. The maximum absolute atomic E-state index is 13.4. The van der Waals surface area contributed by atoms with Gasteiger partial charge in [0.2, 0.25) is 0 Å². The highest BCUT2D eigenvalue weighted by Crippen LogP contribution is 2.66. The van der Waals surface area contributed by atoms with Crippen molar-refractivity contribution in [1.29, 1.82) is 0 Å². The first kappa shape index (κ1) is 18.1. The summed E-state index contributed by atoms with van der Waals surface area (Å²) in [6, 6.07) is 0. The van der Waals surface area contributed by atoms with Crippen LogP contribution in [0.15, 0.2) is 11.6 Å². The van der Waals surface area contributed by atoms with Crippen molar-refractivity contribution >= 4 is 17.3 Å². The summed E-state index contributed by atoms with van der Waals surface area (Å²) >= 11 is 0. The number of carbonyl (C=O) groups is 3. The van der Waals surface area contributed by atoms with Crippen LogP contribution in [0.4, 0.5) is 0 Å². The molecule has 0 aromatic heterocycles. The Hall–Kier alpha value is -1.33. The predicted octanol–water partition coefficient (Wildman–Crippen LogP) is 1.96. The topological polar surface area (TPSA) is 97.5 Å². The molecule has 0 aromatic rings. The highest BCUT2D eigenvalue weighted by Gasteiger charge is 2.68. The van der Waals surface area contributed by atoms with Crippen molar-refractivity contribution in [3.63, 3.8) is 0 Å². The van der Waals surface area contributed by atoms with Crippen LogP contribution < -0.4 is 5.73 Å². The summed E-state index contributed by atoms with van der Waals surface area (Å²) < 4.78 is 0. The van der Waals surface area contributed by atoms with Crippen molar-refractivity contribution in [2.45, 2.75) is 64.4 Å². The van der Waals surface area contributed by atoms with Gasteiger partial charge in [-0.05, 0) is 55.4 Å². The highest BCUT2D eigenvalue weighted by atomic mass is 16.3. The standard InChI is InChI=1S/C21H29NO4/c1-19-7-5-13(23)9-12(19)3-4-14-15-6-8-21(26,17(25)11-22)20(15,2)10-16(24)18(14)19/h9,14-15,18,26H,3-8,10-11,22H2,1-2H3/t14-,15-,18+,19+,20+,21-/m1/s1. The minimum Gasteiger partial charge on any atom is -0.381 e. The van der Waals surface area contributed by atoms with Gasteiger partial charge in [0.1, 0.15) is 11.4 Å². The molecular formula is C21H29NO4. The largest absolute Gasteiger partial charge is 0.381 e. The van der Waals surface area contributed by atoms with Crippen molar-refractivity contribution < 1.29 is 19.5 Å². The molecule has 0 aromatic carbocycles. The minimum absolute atomic E-state index is 0.0935. The smallest absolute Gasteiger partial charge is 0.178 e. The SMILES string of the molecule is C[C@]12CCC(=O)C=C1CC[C@H]1[C@H]2C(=O)C[C@@]2(C)[C@@H]1CC[C@@]2(O)C(=O)CN. The molecule has 0 amide bonds. The minimum atomic E-state index is -1.48. The normalized spacial score (nSPS) is 47.7. The molecule has 5 heteroatoms.